The van der Waals surface area contributed by atoms with E-state index in [9.17, 15) is 17.2 Å². The molecule has 0 saturated carbocycles. The predicted molar refractivity (Wildman–Crippen MR) is 56.9 cm³/mol. The monoisotopic (exact) mass is 249 g/mol. The molecule has 1 aromatic carbocycles. The zero-order valence-corrected chi connectivity index (χ0v) is 9.81. The second-order valence-electron chi connectivity index (χ2n) is 3.55. The highest BCUT2D eigenvalue weighted by molar-refractivity contribution is 7.91. The first-order valence-electron chi connectivity index (χ1n) is 4.72. The van der Waals surface area contributed by atoms with E-state index < -0.39 is 26.4 Å². The molecular formula is C10H13F2NO2S. The van der Waals surface area contributed by atoms with E-state index in [1.54, 1.807) is 14.0 Å². The largest absolute Gasteiger partial charge is 0.316 e. The third kappa shape index (κ3) is 2.99. The van der Waals surface area contributed by atoms with E-state index in [1.165, 1.54) is 0 Å². The molecule has 0 aliphatic carbocycles. The average molecular weight is 249 g/mol. The molecule has 0 aromatic heterocycles. The normalized spacial score (nSPS) is 13.8. The summed E-state index contributed by atoms with van der Waals surface area (Å²) >= 11 is 0. The van der Waals surface area contributed by atoms with Crippen LogP contribution < -0.4 is 5.32 Å². The predicted octanol–water partition coefficient (Wildman–Crippen LogP) is 1.35. The number of hydrogen-bond donors (Lipinski definition) is 1. The number of hydrogen-bond acceptors (Lipinski definition) is 3. The quantitative estimate of drug-likeness (QED) is 0.876. The summed E-state index contributed by atoms with van der Waals surface area (Å²) in [5.74, 6) is -1.97. The Hall–Kier alpha value is -1.01. The molecule has 1 unspecified atom stereocenters. The molecule has 1 N–H and O–H groups in total. The summed E-state index contributed by atoms with van der Waals surface area (Å²) in [6.07, 6.45) is 0. The summed E-state index contributed by atoms with van der Waals surface area (Å²) in [5, 5.41) is 2.73. The van der Waals surface area contributed by atoms with Gasteiger partial charge in [0.15, 0.2) is 9.84 Å². The molecular weight excluding hydrogens is 236 g/mol. The van der Waals surface area contributed by atoms with Crippen LogP contribution in [-0.4, -0.2) is 27.3 Å². The van der Waals surface area contributed by atoms with Crippen LogP contribution >= 0.6 is 0 Å². The van der Waals surface area contributed by atoms with Crippen molar-refractivity contribution in [3.05, 3.63) is 29.8 Å². The van der Waals surface area contributed by atoms with E-state index in [4.69, 9.17) is 0 Å². The summed E-state index contributed by atoms with van der Waals surface area (Å²) < 4.78 is 49.6. The van der Waals surface area contributed by atoms with E-state index in [0.717, 1.165) is 12.1 Å². The van der Waals surface area contributed by atoms with Gasteiger partial charge in [-0.25, -0.2) is 17.2 Å². The molecule has 0 radical (unpaired) electrons. The van der Waals surface area contributed by atoms with E-state index in [0.29, 0.717) is 6.07 Å². The molecule has 3 nitrogen and oxygen atoms in total. The summed E-state index contributed by atoms with van der Waals surface area (Å²) in [5.41, 5.74) is 0. The highest BCUT2D eigenvalue weighted by atomic mass is 32.2. The highest BCUT2D eigenvalue weighted by Crippen LogP contribution is 2.17. The van der Waals surface area contributed by atoms with E-state index in [-0.39, 0.29) is 11.8 Å². The third-order valence-corrected chi connectivity index (χ3v) is 4.11. The molecule has 0 aliphatic rings. The minimum absolute atomic E-state index is 0.274. The number of halogens is 2. The van der Waals surface area contributed by atoms with E-state index in [2.05, 4.69) is 5.32 Å². The Morgan fingerprint density at radius 1 is 1.38 bits per heavy atom. The van der Waals surface area contributed by atoms with Crippen LogP contribution in [0.3, 0.4) is 0 Å². The maximum Gasteiger partial charge on any atom is 0.182 e. The first kappa shape index (κ1) is 13.1. The zero-order chi connectivity index (χ0) is 12.3. The number of nitrogens with one attached hydrogen (secondary N) is 1. The van der Waals surface area contributed by atoms with Gasteiger partial charge in [-0.15, -0.1) is 0 Å². The molecule has 1 rings (SSSR count). The van der Waals surface area contributed by atoms with Gasteiger partial charge in [-0.2, -0.15) is 0 Å². The van der Waals surface area contributed by atoms with Gasteiger partial charge in [-0.1, -0.05) is 0 Å². The standard InChI is InChI=1S/C10H13F2NO2S/c1-7(13-2)6-16(14,15)10-5-8(11)3-4-9(10)12/h3-5,7,13H,6H2,1-2H3. The molecule has 0 fully saturated rings. The lowest BCUT2D eigenvalue weighted by Crippen LogP contribution is -2.30. The van der Waals surface area contributed by atoms with Crippen molar-refractivity contribution >= 4 is 9.84 Å². The first-order valence-corrected chi connectivity index (χ1v) is 6.37. The van der Waals surface area contributed by atoms with Crippen molar-refractivity contribution in [3.8, 4) is 0 Å². The minimum Gasteiger partial charge on any atom is -0.316 e. The Morgan fingerprint density at radius 3 is 2.56 bits per heavy atom. The molecule has 0 aliphatic heterocycles. The molecule has 1 aromatic rings. The molecule has 0 bridgehead atoms. The SMILES string of the molecule is CNC(C)CS(=O)(=O)c1cc(F)ccc1F. The van der Waals surface area contributed by atoms with E-state index in [1.807, 2.05) is 0 Å². The van der Waals surface area contributed by atoms with Crippen LogP contribution in [0.5, 0.6) is 0 Å². The molecule has 1 atom stereocenters. The molecule has 6 heteroatoms. The molecule has 0 heterocycles. The van der Waals surface area contributed by atoms with Crippen LogP contribution in [-0.2, 0) is 9.84 Å². The molecule has 16 heavy (non-hydrogen) atoms. The lowest BCUT2D eigenvalue weighted by Gasteiger charge is -2.11. The van der Waals surface area contributed by atoms with Crippen LogP contribution in [0.25, 0.3) is 0 Å². The van der Waals surface area contributed by atoms with Crippen LogP contribution in [0.4, 0.5) is 8.78 Å². The van der Waals surface area contributed by atoms with Gasteiger partial charge in [-0.3, -0.25) is 0 Å². The van der Waals surface area contributed by atoms with Crippen LogP contribution in [0.1, 0.15) is 6.92 Å². The molecule has 90 valence electrons. The number of rotatable bonds is 4. The second kappa shape index (κ2) is 4.88. The van der Waals surface area contributed by atoms with Crippen molar-refractivity contribution in [2.24, 2.45) is 0 Å². The lowest BCUT2D eigenvalue weighted by molar-refractivity contribution is 0.546. The van der Waals surface area contributed by atoms with Crippen molar-refractivity contribution < 1.29 is 17.2 Å². The minimum atomic E-state index is -3.80. The number of sulfone groups is 1. The van der Waals surface area contributed by atoms with Crippen molar-refractivity contribution in [2.75, 3.05) is 12.8 Å². The van der Waals surface area contributed by atoms with Gasteiger partial charge in [0.05, 0.1) is 5.75 Å². The summed E-state index contributed by atoms with van der Waals surface area (Å²) in [6, 6.07) is 2.07. The fourth-order valence-electron chi connectivity index (χ4n) is 1.22. The Labute approximate surface area is 93.4 Å². The Bertz CT molecular complexity index is 474. The van der Waals surface area contributed by atoms with Crippen LogP contribution in [0.15, 0.2) is 23.1 Å². The van der Waals surface area contributed by atoms with Crippen LogP contribution in [0, 0.1) is 11.6 Å². The average Bonchev–Trinajstić information content (AvgIpc) is 2.20. The Balaban J connectivity index is 3.12. The second-order valence-corrected chi connectivity index (χ2v) is 5.55. The van der Waals surface area contributed by atoms with Crippen molar-refractivity contribution in [2.45, 2.75) is 17.9 Å². The smallest absolute Gasteiger partial charge is 0.182 e. The highest BCUT2D eigenvalue weighted by Gasteiger charge is 2.22. The Kier molecular flexibility index (Phi) is 3.98. The fraction of sp³-hybridized carbons (Fsp3) is 0.400. The first-order chi connectivity index (χ1) is 7.36. The third-order valence-electron chi connectivity index (χ3n) is 2.19. The van der Waals surface area contributed by atoms with Gasteiger partial charge in [0.1, 0.15) is 16.5 Å². The Morgan fingerprint density at radius 2 is 2.00 bits per heavy atom. The van der Waals surface area contributed by atoms with Crippen LogP contribution in [0.2, 0.25) is 0 Å². The van der Waals surface area contributed by atoms with Gasteiger partial charge < -0.3 is 5.32 Å². The maximum atomic E-state index is 13.3. The van der Waals surface area contributed by atoms with Crippen molar-refractivity contribution in [1.29, 1.82) is 0 Å². The molecule has 0 saturated heterocycles. The van der Waals surface area contributed by atoms with Gasteiger partial charge in [0.2, 0.25) is 0 Å². The van der Waals surface area contributed by atoms with Gasteiger partial charge in [-0.05, 0) is 32.2 Å². The zero-order valence-electron chi connectivity index (χ0n) is 9.00. The fourth-order valence-corrected chi connectivity index (χ4v) is 2.88. The molecule has 0 spiro atoms. The summed E-state index contributed by atoms with van der Waals surface area (Å²) in [6.45, 7) is 1.65. The summed E-state index contributed by atoms with van der Waals surface area (Å²) in [4.78, 5) is -0.588. The topological polar surface area (TPSA) is 46.2 Å². The van der Waals surface area contributed by atoms with Crippen molar-refractivity contribution in [1.82, 2.24) is 5.32 Å². The molecule has 0 amide bonds. The van der Waals surface area contributed by atoms with Gasteiger partial charge in [0.25, 0.3) is 0 Å². The lowest BCUT2D eigenvalue weighted by atomic mass is 10.3. The van der Waals surface area contributed by atoms with Gasteiger partial charge in [0, 0.05) is 6.04 Å². The van der Waals surface area contributed by atoms with Gasteiger partial charge >= 0.3 is 0 Å². The van der Waals surface area contributed by atoms with E-state index >= 15 is 0 Å². The number of benzene rings is 1. The summed E-state index contributed by atoms with van der Waals surface area (Å²) in [7, 11) is -2.20. The maximum absolute atomic E-state index is 13.3. The van der Waals surface area contributed by atoms with Crippen molar-refractivity contribution in [3.63, 3.8) is 0 Å².